The van der Waals surface area contributed by atoms with Crippen molar-refractivity contribution in [1.29, 1.82) is 0 Å². The standard InChI is InChI=1S/C29H26F4N4O5S/c1-43(40,41)36-14-12-20(13-15-36)19-10-8-18(9-11-19)17-42-26-21(4-2-5-23(26)30)24-6-3-7-25(35-24)37-27(29(31,32)33)22(16-34-37)28(38)39/h2-11,16,20H,12-15,17H2,1H3,(H,38,39). The first-order valence-electron chi connectivity index (χ1n) is 13.1. The predicted molar refractivity (Wildman–Crippen MR) is 148 cm³/mol. The predicted octanol–water partition coefficient (Wildman–Crippen LogP) is 5.51. The Kier molecular flexibility index (Phi) is 8.25. The quantitative estimate of drug-likeness (QED) is 0.259. The molecule has 43 heavy (non-hydrogen) atoms. The summed E-state index contributed by atoms with van der Waals surface area (Å²) >= 11 is 0. The number of nitrogens with zero attached hydrogens (tertiary/aromatic N) is 4. The number of halogens is 4. The van der Waals surface area contributed by atoms with E-state index in [1.807, 2.05) is 24.3 Å². The number of alkyl halides is 3. The first-order valence-corrected chi connectivity index (χ1v) is 15.0. The molecule has 2 aromatic carbocycles. The van der Waals surface area contributed by atoms with Crippen molar-refractivity contribution in [2.24, 2.45) is 0 Å². The van der Waals surface area contributed by atoms with Gasteiger partial charge in [0, 0.05) is 18.7 Å². The highest BCUT2D eigenvalue weighted by atomic mass is 32.2. The number of pyridine rings is 1. The summed E-state index contributed by atoms with van der Waals surface area (Å²) in [6, 6.07) is 15.7. The van der Waals surface area contributed by atoms with Crippen LogP contribution in [0.1, 0.15) is 45.9 Å². The molecule has 0 bridgehead atoms. The molecule has 0 atom stereocenters. The molecule has 2 aromatic heterocycles. The van der Waals surface area contributed by atoms with Gasteiger partial charge in [0.2, 0.25) is 10.0 Å². The summed E-state index contributed by atoms with van der Waals surface area (Å²) in [5.74, 6) is -2.76. The molecule has 0 spiro atoms. The first kappa shape index (κ1) is 30.2. The van der Waals surface area contributed by atoms with Gasteiger partial charge in [-0.25, -0.2) is 31.6 Å². The van der Waals surface area contributed by atoms with Gasteiger partial charge in [-0.05, 0) is 54.2 Å². The van der Waals surface area contributed by atoms with E-state index in [4.69, 9.17) is 4.74 Å². The second-order valence-electron chi connectivity index (χ2n) is 10.1. The van der Waals surface area contributed by atoms with Crippen LogP contribution in [0.4, 0.5) is 17.6 Å². The molecule has 226 valence electrons. The number of aromatic carboxylic acids is 1. The summed E-state index contributed by atoms with van der Waals surface area (Å²) in [4.78, 5) is 15.6. The summed E-state index contributed by atoms with van der Waals surface area (Å²) in [7, 11) is -3.21. The van der Waals surface area contributed by atoms with E-state index in [-0.39, 0.29) is 35.3 Å². The maximum Gasteiger partial charge on any atom is 0.434 e. The van der Waals surface area contributed by atoms with Gasteiger partial charge in [-0.3, -0.25) is 0 Å². The fraction of sp³-hybridized carbons (Fsp3) is 0.276. The minimum absolute atomic E-state index is 0.0141. The van der Waals surface area contributed by atoms with Gasteiger partial charge in [0.1, 0.15) is 12.2 Å². The van der Waals surface area contributed by atoms with Crippen LogP contribution in [0.5, 0.6) is 5.75 Å². The minimum Gasteiger partial charge on any atom is -0.485 e. The lowest BCUT2D eigenvalue weighted by Gasteiger charge is -2.30. The van der Waals surface area contributed by atoms with Gasteiger partial charge in [0.15, 0.2) is 23.1 Å². The van der Waals surface area contributed by atoms with Crippen LogP contribution in [0, 0.1) is 5.82 Å². The molecule has 14 heteroatoms. The number of ether oxygens (including phenoxy) is 1. The maximum atomic E-state index is 15.0. The molecule has 0 radical (unpaired) electrons. The Morgan fingerprint density at radius 3 is 2.35 bits per heavy atom. The van der Waals surface area contributed by atoms with Crippen molar-refractivity contribution in [1.82, 2.24) is 19.1 Å². The summed E-state index contributed by atoms with van der Waals surface area (Å²) in [5, 5.41) is 12.8. The third kappa shape index (κ3) is 6.54. The van der Waals surface area contributed by atoms with Crippen molar-refractivity contribution in [3.63, 3.8) is 0 Å². The first-order chi connectivity index (χ1) is 20.3. The molecule has 4 aromatic rings. The summed E-state index contributed by atoms with van der Waals surface area (Å²) in [5.41, 5.74) is -0.462. The van der Waals surface area contributed by atoms with E-state index < -0.39 is 39.2 Å². The zero-order valence-electron chi connectivity index (χ0n) is 22.8. The van der Waals surface area contributed by atoms with Crippen LogP contribution in [0.25, 0.3) is 17.1 Å². The number of carboxylic acids is 1. The Morgan fingerprint density at radius 1 is 1.05 bits per heavy atom. The number of benzene rings is 2. The highest BCUT2D eigenvalue weighted by molar-refractivity contribution is 7.88. The third-order valence-electron chi connectivity index (χ3n) is 7.22. The number of piperidine rings is 1. The van der Waals surface area contributed by atoms with Crippen molar-refractivity contribution >= 4 is 16.0 Å². The molecule has 5 rings (SSSR count). The fourth-order valence-corrected chi connectivity index (χ4v) is 5.94. The van der Waals surface area contributed by atoms with E-state index in [1.165, 1.54) is 47.0 Å². The average molecular weight is 619 g/mol. The number of sulfonamides is 1. The third-order valence-corrected chi connectivity index (χ3v) is 8.52. The molecule has 0 aliphatic carbocycles. The second-order valence-corrected chi connectivity index (χ2v) is 12.1. The Labute approximate surface area is 244 Å². The molecular formula is C29H26F4N4O5S. The molecule has 1 fully saturated rings. The Hall–Kier alpha value is -4.30. The van der Waals surface area contributed by atoms with Crippen LogP contribution < -0.4 is 4.74 Å². The molecule has 0 amide bonds. The van der Waals surface area contributed by atoms with Crippen LogP contribution >= 0.6 is 0 Å². The molecule has 3 heterocycles. The molecule has 0 unspecified atom stereocenters. The number of aromatic nitrogens is 3. The lowest BCUT2D eigenvalue weighted by molar-refractivity contribution is -0.143. The van der Waals surface area contributed by atoms with Crippen molar-refractivity contribution in [2.45, 2.75) is 31.5 Å². The van der Waals surface area contributed by atoms with E-state index in [2.05, 4.69) is 10.1 Å². The lowest BCUT2D eigenvalue weighted by atomic mass is 9.90. The molecular weight excluding hydrogens is 592 g/mol. The number of rotatable bonds is 8. The van der Waals surface area contributed by atoms with Gasteiger partial charge in [0.05, 0.1) is 18.1 Å². The Bertz CT molecular complexity index is 1750. The SMILES string of the molecule is CS(=O)(=O)N1CCC(c2ccc(COc3c(F)cccc3-c3cccc(-n4ncc(C(=O)O)c4C(F)(F)F)n3)cc2)CC1. The summed E-state index contributed by atoms with van der Waals surface area (Å²) < 4.78 is 87.4. The largest absolute Gasteiger partial charge is 0.485 e. The molecule has 0 saturated carbocycles. The fourth-order valence-electron chi connectivity index (χ4n) is 5.06. The van der Waals surface area contributed by atoms with Crippen molar-refractivity contribution in [2.75, 3.05) is 19.3 Å². The highest BCUT2D eigenvalue weighted by Crippen LogP contribution is 2.36. The zero-order chi connectivity index (χ0) is 30.9. The number of para-hydroxylation sites is 1. The number of carbonyl (C=O) groups is 1. The van der Waals surface area contributed by atoms with Crippen molar-refractivity contribution < 1.29 is 40.6 Å². The van der Waals surface area contributed by atoms with E-state index in [0.717, 1.165) is 11.1 Å². The summed E-state index contributed by atoms with van der Waals surface area (Å²) in [6.07, 6.45) is -1.82. The average Bonchev–Trinajstić information content (AvgIpc) is 3.43. The lowest BCUT2D eigenvalue weighted by Crippen LogP contribution is -2.37. The zero-order valence-corrected chi connectivity index (χ0v) is 23.6. The van der Waals surface area contributed by atoms with Crippen LogP contribution in [-0.4, -0.2) is 57.9 Å². The minimum atomic E-state index is -5.03. The highest BCUT2D eigenvalue weighted by Gasteiger charge is 2.41. The maximum absolute atomic E-state index is 15.0. The molecule has 1 N–H and O–H groups in total. The van der Waals surface area contributed by atoms with Crippen LogP contribution in [-0.2, 0) is 22.8 Å². The van der Waals surface area contributed by atoms with Gasteiger partial charge in [0.25, 0.3) is 0 Å². The molecule has 1 aliphatic heterocycles. The van der Waals surface area contributed by atoms with Gasteiger partial charge in [-0.1, -0.05) is 36.4 Å². The van der Waals surface area contributed by atoms with Crippen LogP contribution in [0.3, 0.4) is 0 Å². The van der Waals surface area contributed by atoms with E-state index in [9.17, 15) is 35.9 Å². The number of carboxylic acid groups (broad SMARTS) is 1. The van der Waals surface area contributed by atoms with Crippen LogP contribution in [0.15, 0.2) is 66.9 Å². The smallest absolute Gasteiger partial charge is 0.434 e. The van der Waals surface area contributed by atoms with E-state index >= 15 is 0 Å². The molecule has 9 nitrogen and oxygen atoms in total. The number of hydrogen-bond acceptors (Lipinski definition) is 6. The van der Waals surface area contributed by atoms with Crippen molar-refractivity contribution in [3.05, 3.63) is 95.1 Å². The van der Waals surface area contributed by atoms with Gasteiger partial charge >= 0.3 is 12.1 Å². The molecule has 1 saturated heterocycles. The van der Waals surface area contributed by atoms with Gasteiger partial charge < -0.3 is 9.84 Å². The normalized spacial score (nSPS) is 15.0. The van der Waals surface area contributed by atoms with E-state index in [0.29, 0.717) is 36.8 Å². The number of hydrogen-bond donors (Lipinski definition) is 1. The van der Waals surface area contributed by atoms with Gasteiger partial charge in [-0.2, -0.15) is 18.3 Å². The van der Waals surface area contributed by atoms with Crippen molar-refractivity contribution in [3.8, 4) is 22.8 Å². The second kappa shape index (κ2) is 11.8. The monoisotopic (exact) mass is 618 g/mol. The Morgan fingerprint density at radius 2 is 1.72 bits per heavy atom. The summed E-state index contributed by atoms with van der Waals surface area (Å²) in [6.45, 7) is 0.899. The topological polar surface area (TPSA) is 115 Å². The molecule has 1 aliphatic rings. The Balaban J connectivity index is 1.36. The van der Waals surface area contributed by atoms with Gasteiger partial charge in [-0.15, -0.1) is 0 Å². The van der Waals surface area contributed by atoms with E-state index in [1.54, 1.807) is 0 Å². The van der Waals surface area contributed by atoms with Crippen LogP contribution in [0.2, 0.25) is 0 Å².